The Bertz CT molecular complexity index is 934. The van der Waals surface area contributed by atoms with E-state index in [0.717, 1.165) is 4.88 Å². The van der Waals surface area contributed by atoms with Crippen LogP contribution in [0.4, 0.5) is 0 Å². The van der Waals surface area contributed by atoms with E-state index in [1.807, 2.05) is 32.9 Å². The fourth-order valence-electron chi connectivity index (χ4n) is 2.85. The molecule has 1 unspecified atom stereocenters. The third-order valence-corrected chi connectivity index (χ3v) is 5.36. The van der Waals surface area contributed by atoms with E-state index < -0.39 is 6.10 Å². The zero-order valence-corrected chi connectivity index (χ0v) is 16.5. The van der Waals surface area contributed by atoms with Gasteiger partial charge in [-0.05, 0) is 37.1 Å². The first-order valence-corrected chi connectivity index (χ1v) is 9.70. The fraction of sp³-hybridized carbons (Fsp3) is 0.421. The van der Waals surface area contributed by atoms with Crippen LogP contribution in [-0.2, 0) is 6.54 Å². The molecule has 0 saturated carbocycles. The van der Waals surface area contributed by atoms with Gasteiger partial charge in [0.15, 0.2) is 11.5 Å². The van der Waals surface area contributed by atoms with Crippen LogP contribution in [0.1, 0.15) is 45.9 Å². The fourth-order valence-corrected chi connectivity index (χ4v) is 3.75. The standard InChI is InChI=1S/C19H24N4O3S/c1-12(2)17(25)18-21-20-16-7-5-14(10-23(16)18)19(26)22(8-9-24)11-15-6-4-13(3)27-15/h4-7,10,12,17,24-25H,8-9,11H2,1-3H3. The second-order valence-corrected chi connectivity index (χ2v) is 8.23. The summed E-state index contributed by atoms with van der Waals surface area (Å²) in [5, 5.41) is 27.9. The van der Waals surface area contributed by atoms with Crippen LogP contribution in [0.2, 0.25) is 0 Å². The van der Waals surface area contributed by atoms with E-state index in [0.29, 0.717) is 23.6 Å². The summed E-state index contributed by atoms with van der Waals surface area (Å²) in [4.78, 5) is 16.9. The Balaban J connectivity index is 1.91. The highest BCUT2D eigenvalue weighted by Gasteiger charge is 2.21. The SMILES string of the molecule is Cc1ccc(CN(CCO)C(=O)c2ccc3nnc(C(O)C(C)C)n3c2)s1. The number of aliphatic hydroxyl groups is 2. The lowest BCUT2D eigenvalue weighted by Crippen LogP contribution is -2.33. The highest BCUT2D eigenvalue weighted by molar-refractivity contribution is 7.11. The summed E-state index contributed by atoms with van der Waals surface area (Å²) in [7, 11) is 0. The molecule has 3 rings (SSSR count). The van der Waals surface area contributed by atoms with Crippen LogP contribution in [0.3, 0.4) is 0 Å². The number of aliphatic hydroxyl groups excluding tert-OH is 2. The third-order valence-electron chi connectivity index (χ3n) is 4.37. The Morgan fingerprint density at radius 2 is 2.04 bits per heavy atom. The number of pyridine rings is 1. The second kappa shape index (κ2) is 8.16. The molecule has 7 nitrogen and oxygen atoms in total. The van der Waals surface area contributed by atoms with E-state index >= 15 is 0 Å². The molecule has 0 saturated heterocycles. The molecule has 0 fully saturated rings. The first kappa shape index (κ1) is 19.5. The lowest BCUT2D eigenvalue weighted by molar-refractivity contribution is 0.0709. The largest absolute Gasteiger partial charge is 0.395 e. The maximum atomic E-state index is 13.0. The summed E-state index contributed by atoms with van der Waals surface area (Å²) < 4.78 is 1.66. The van der Waals surface area contributed by atoms with Crippen molar-refractivity contribution >= 4 is 22.9 Å². The number of aryl methyl sites for hydroxylation is 1. The lowest BCUT2D eigenvalue weighted by Gasteiger charge is -2.21. The van der Waals surface area contributed by atoms with Crippen LogP contribution >= 0.6 is 11.3 Å². The number of thiophene rings is 1. The van der Waals surface area contributed by atoms with Gasteiger partial charge in [-0.2, -0.15) is 0 Å². The predicted molar refractivity (Wildman–Crippen MR) is 104 cm³/mol. The maximum Gasteiger partial charge on any atom is 0.255 e. The molecule has 8 heteroatoms. The number of hydrogen-bond donors (Lipinski definition) is 2. The average molecular weight is 388 g/mol. The van der Waals surface area contributed by atoms with Crippen molar-refractivity contribution < 1.29 is 15.0 Å². The van der Waals surface area contributed by atoms with Crippen LogP contribution in [0.5, 0.6) is 0 Å². The maximum absolute atomic E-state index is 13.0. The molecule has 3 heterocycles. The number of aromatic nitrogens is 3. The summed E-state index contributed by atoms with van der Waals surface area (Å²) in [5.74, 6) is 0.206. The third kappa shape index (κ3) is 4.18. The van der Waals surface area contributed by atoms with Gasteiger partial charge in [0.1, 0.15) is 6.10 Å². The van der Waals surface area contributed by atoms with Gasteiger partial charge in [0.25, 0.3) is 5.91 Å². The van der Waals surface area contributed by atoms with Gasteiger partial charge in [0.05, 0.1) is 18.7 Å². The lowest BCUT2D eigenvalue weighted by atomic mass is 10.1. The topological polar surface area (TPSA) is 91.0 Å². The molecule has 1 amide bonds. The van der Waals surface area contributed by atoms with Crippen molar-refractivity contribution in [2.75, 3.05) is 13.2 Å². The molecule has 0 radical (unpaired) electrons. The molecule has 3 aromatic heterocycles. The van der Waals surface area contributed by atoms with Crippen LogP contribution in [0.25, 0.3) is 5.65 Å². The second-order valence-electron chi connectivity index (χ2n) is 6.86. The number of carbonyl (C=O) groups is 1. The Morgan fingerprint density at radius 1 is 1.26 bits per heavy atom. The van der Waals surface area contributed by atoms with Crippen molar-refractivity contribution in [2.24, 2.45) is 5.92 Å². The molecule has 27 heavy (non-hydrogen) atoms. The number of fused-ring (bicyclic) bond motifs is 1. The first-order valence-electron chi connectivity index (χ1n) is 8.89. The van der Waals surface area contributed by atoms with E-state index in [2.05, 4.69) is 10.2 Å². The van der Waals surface area contributed by atoms with Crippen molar-refractivity contribution in [1.82, 2.24) is 19.5 Å². The van der Waals surface area contributed by atoms with E-state index in [1.165, 1.54) is 4.88 Å². The van der Waals surface area contributed by atoms with Gasteiger partial charge in [-0.25, -0.2) is 0 Å². The molecule has 0 aliphatic rings. The Kier molecular flexibility index (Phi) is 5.88. The summed E-state index contributed by atoms with van der Waals surface area (Å²) in [6.07, 6.45) is 0.885. The minimum Gasteiger partial charge on any atom is -0.395 e. The van der Waals surface area contributed by atoms with Gasteiger partial charge >= 0.3 is 0 Å². The first-order chi connectivity index (χ1) is 12.9. The van der Waals surface area contributed by atoms with Crippen LogP contribution in [-0.4, -0.2) is 48.8 Å². The van der Waals surface area contributed by atoms with E-state index in [-0.39, 0.29) is 25.0 Å². The van der Waals surface area contributed by atoms with Gasteiger partial charge in [-0.15, -0.1) is 21.5 Å². The number of rotatable bonds is 7. The Morgan fingerprint density at radius 3 is 2.67 bits per heavy atom. The summed E-state index contributed by atoms with van der Waals surface area (Å²) >= 11 is 1.63. The zero-order valence-electron chi connectivity index (χ0n) is 15.7. The van der Waals surface area contributed by atoms with E-state index in [9.17, 15) is 15.0 Å². The predicted octanol–water partition coefficient (Wildman–Crippen LogP) is 2.42. The minimum atomic E-state index is -0.770. The molecule has 0 aromatic carbocycles. The smallest absolute Gasteiger partial charge is 0.255 e. The molecule has 2 N–H and O–H groups in total. The Hall–Kier alpha value is -2.29. The molecular formula is C19H24N4O3S. The van der Waals surface area contributed by atoms with Crippen LogP contribution < -0.4 is 0 Å². The van der Waals surface area contributed by atoms with Gasteiger partial charge < -0.3 is 15.1 Å². The summed E-state index contributed by atoms with van der Waals surface area (Å²) in [6.45, 7) is 6.40. The normalized spacial score (nSPS) is 12.7. The molecule has 0 aliphatic heterocycles. The molecule has 0 aliphatic carbocycles. The van der Waals surface area contributed by atoms with Crippen LogP contribution in [0.15, 0.2) is 30.5 Å². The van der Waals surface area contributed by atoms with Gasteiger partial charge in [-0.3, -0.25) is 9.20 Å². The molecule has 0 bridgehead atoms. The van der Waals surface area contributed by atoms with Crippen molar-refractivity contribution in [3.63, 3.8) is 0 Å². The van der Waals surface area contributed by atoms with Crippen molar-refractivity contribution in [2.45, 2.75) is 33.4 Å². The number of carbonyl (C=O) groups excluding carboxylic acids is 1. The van der Waals surface area contributed by atoms with Gasteiger partial charge in [-0.1, -0.05) is 13.8 Å². The number of nitrogens with zero attached hydrogens (tertiary/aromatic N) is 4. The average Bonchev–Trinajstić information content (AvgIpc) is 3.25. The number of amides is 1. The van der Waals surface area contributed by atoms with Crippen molar-refractivity contribution in [3.8, 4) is 0 Å². The molecular weight excluding hydrogens is 364 g/mol. The van der Waals surface area contributed by atoms with Crippen LogP contribution in [0, 0.1) is 12.8 Å². The van der Waals surface area contributed by atoms with Gasteiger partial charge in [0.2, 0.25) is 0 Å². The van der Waals surface area contributed by atoms with E-state index in [4.69, 9.17) is 0 Å². The highest BCUT2D eigenvalue weighted by atomic mass is 32.1. The summed E-state index contributed by atoms with van der Waals surface area (Å²) in [6, 6.07) is 7.42. The molecule has 144 valence electrons. The monoisotopic (exact) mass is 388 g/mol. The van der Waals surface area contributed by atoms with Crippen molar-refractivity contribution in [1.29, 1.82) is 0 Å². The molecule has 1 atom stereocenters. The molecule has 0 spiro atoms. The van der Waals surface area contributed by atoms with Crippen molar-refractivity contribution in [3.05, 3.63) is 51.6 Å². The number of hydrogen-bond acceptors (Lipinski definition) is 6. The van der Waals surface area contributed by atoms with E-state index in [1.54, 1.807) is 39.0 Å². The minimum absolute atomic E-state index is 0.0234. The molecule has 3 aromatic rings. The summed E-state index contributed by atoms with van der Waals surface area (Å²) in [5.41, 5.74) is 1.03. The van der Waals surface area contributed by atoms with Gasteiger partial charge in [0, 0.05) is 22.5 Å². The quantitative estimate of drug-likeness (QED) is 0.649. The zero-order chi connectivity index (χ0) is 19.6. The Labute approximate surface area is 161 Å². The highest BCUT2D eigenvalue weighted by Crippen LogP contribution is 2.22.